The van der Waals surface area contributed by atoms with Crippen LogP contribution in [0, 0.1) is 11.3 Å². The van der Waals surface area contributed by atoms with Crippen LogP contribution >= 0.6 is 11.8 Å². The van der Waals surface area contributed by atoms with Crippen LogP contribution in [-0.4, -0.2) is 17.5 Å². The number of carbonyl (C=O) groups is 1. The first kappa shape index (κ1) is 16.1. The number of anilines is 1. The van der Waals surface area contributed by atoms with E-state index < -0.39 is 5.91 Å². The molecule has 7 heteroatoms. The van der Waals surface area contributed by atoms with Crippen LogP contribution in [0.2, 0.25) is 0 Å². The minimum absolute atomic E-state index is 0.196. The Hall–Kier alpha value is -2.72. The molecule has 0 radical (unpaired) electrons. The van der Waals surface area contributed by atoms with Gasteiger partial charge in [-0.05, 0) is 30.2 Å². The van der Waals surface area contributed by atoms with Crippen molar-refractivity contribution in [1.82, 2.24) is 4.98 Å². The molecule has 2 aromatic rings. The summed E-state index contributed by atoms with van der Waals surface area (Å²) < 4.78 is 5.36. The number of nitriles is 1. The summed E-state index contributed by atoms with van der Waals surface area (Å²) in [6.45, 7) is 1.88. The van der Waals surface area contributed by atoms with Gasteiger partial charge in [-0.1, -0.05) is 12.1 Å². The fraction of sp³-hybridized carbons (Fsp3) is 0.235. The number of hydrogen-bond acceptors (Lipinski definition) is 6. The Kier molecular flexibility index (Phi) is 4.32. The molecule has 1 amide bonds. The van der Waals surface area contributed by atoms with Crippen LogP contribution in [0.5, 0.6) is 5.75 Å². The molecule has 0 unspecified atom stereocenters. The summed E-state index contributed by atoms with van der Waals surface area (Å²) in [5, 5.41) is 9.77. The van der Waals surface area contributed by atoms with Gasteiger partial charge in [0.2, 0.25) is 0 Å². The maximum absolute atomic E-state index is 10.9. The first-order valence-corrected chi connectivity index (χ1v) is 8.41. The SMILES string of the molecule is C[C@@H]1SCc2c1nc(N)c(C#N)c2-c1cccc(OCC(N)=O)c1. The molecule has 1 aliphatic heterocycles. The van der Waals surface area contributed by atoms with Crippen molar-refractivity contribution in [2.45, 2.75) is 17.9 Å². The van der Waals surface area contributed by atoms with Gasteiger partial charge >= 0.3 is 0 Å². The maximum Gasteiger partial charge on any atom is 0.255 e. The number of benzene rings is 1. The monoisotopic (exact) mass is 340 g/mol. The highest BCUT2D eigenvalue weighted by atomic mass is 32.2. The molecule has 0 spiro atoms. The third-order valence-electron chi connectivity index (χ3n) is 3.84. The number of thioether (sulfide) groups is 1. The van der Waals surface area contributed by atoms with Gasteiger partial charge in [-0.2, -0.15) is 5.26 Å². The summed E-state index contributed by atoms with van der Waals surface area (Å²) in [6.07, 6.45) is 0. The van der Waals surface area contributed by atoms with Crippen LogP contribution in [0.15, 0.2) is 24.3 Å². The second-order valence-corrected chi connectivity index (χ2v) is 6.79. The van der Waals surface area contributed by atoms with Crippen molar-refractivity contribution in [3.8, 4) is 22.9 Å². The zero-order chi connectivity index (χ0) is 17.3. The quantitative estimate of drug-likeness (QED) is 0.883. The lowest BCUT2D eigenvalue weighted by Crippen LogP contribution is -2.20. The summed E-state index contributed by atoms with van der Waals surface area (Å²) in [4.78, 5) is 15.3. The predicted octanol–water partition coefficient (Wildman–Crippen LogP) is 2.37. The highest BCUT2D eigenvalue weighted by molar-refractivity contribution is 7.99. The number of hydrogen-bond donors (Lipinski definition) is 2. The molecule has 0 bridgehead atoms. The Labute approximate surface area is 143 Å². The molecule has 122 valence electrons. The average molecular weight is 340 g/mol. The van der Waals surface area contributed by atoms with E-state index in [4.69, 9.17) is 16.2 Å². The number of nitrogens with zero attached hydrogens (tertiary/aromatic N) is 2. The lowest BCUT2D eigenvalue weighted by molar-refractivity contribution is -0.119. The van der Waals surface area contributed by atoms with Crippen LogP contribution in [0.3, 0.4) is 0 Å². The highest BCUT2D eigenvalue weighted by Gasteiger charge is 2.28. The first-order chi connectivity index (χ1) is 11.5. The molecule has 0 aliphatic carbocycles. The Bertz CT molecular complexity index is 860. The van der Waals surface area contributed by atoms with Crippen LogP contribution < -0.4 is 16.2 Å². The van der Waals surface area contributed by atoms with Crippen molar-refractivity contribution in [3.63, 3.8) is 0 Å². The molecular weight excluding hydrogens is 324 g/mol. The van der Waals surface area contributed by atoms with E-state index in [1.54, 1.807) is 30.0 Å². The van der Waals surface area contributed by atoms with Crippen molar-refractivity contribution in [2.75, 3.05) is 12.3 Å². The molecular formula is C17H16N4O2S. The molecule has 0 saturated carbocycles. The molecule has 1 aliphatic rings. The van der Waals surface area contributed by atoms with Gasteiger partial charge < -0.3 is 16.2 Å². The number of rotatable bonds is 4. The van der Waals surface area contributed by atoms with Gasteiger partial charge in [0, 0.05) is 16.6 Å². The fourth-order valence-electron chi connectivity index (χ4n) is 2.76. The van der Waals surface area contributed by atoms with Crippen molar-refractivity contribution < 1.29 is 9.53 Å². The molecule has 1 atom stereocenters. The Morgan fingerprint density at radius 2 is 2.33 bits per heavy atom. The molecule has 24 heavy (non-hydrogen) atoms. The zero-order valence-corrected chi connectivity index (χ0v) is 13.9. The van der Waals surface area contributed by atoms with E-state index in [-0.39, 0.29) is 17.7 Å². The van der Waals surface area contributed by atoms with Gasteiger partial charge in [-0.25, -0.2) is 4.98 Å². The molecule has 6 nitrogen and oxygen atoms in total. The van der Waals surface area contributed by atoms with E-state index in [2.05, 4.69) is 18.0 Å². The van der Waals surface area contributed by atoms with E-state index in [1.807, 2.05) is 6.07 Å². The van der Waals surface area contributed by atoms with E-state index in [1.165, 1.54) is 0 Å². The maximum atomic E-state index is 10.9. The second-order valence-electron chi connectivity index (χ2n) is 5.46. The number of aromatic nitrogens is 1. The number of nitrogen functional groups attached to an aromatic ring is 1. The fourth-order valence-corrected chi connectivity index (χ4v) is 3.82. The van der Waals surface area contributed by atoms with Crippen LogP contribution in [-0.2, 0) is 10.5 Å². The predicted molar refractivity (Wildman–Crippen MR) is 93.2 cm³/mol. The summed E-state index contributed by atoms with van der Waals surface area (Å²) in [6, 6.07) is 9.38. The normalized spacial score (nSPS) is 15.6. The third-order valence-corrected chi connectivity index (χ3v) is 5.01. The number of carbonyl (C=O) groups excluding carboxylic acids is 1. The van der Waals surface area contributed by atoms with Gasteiger partial charge in [0.05, 0.1) is 5.69 Å². The smallest absolute Gasteiger partial charge is 0.255 e. The van der Waals surface area contributed by atoms with Crippen molar-refractivity contribution in [2.24, 2.45) is 5.73 Å². The van der Waals surface area contributed by atoms with Gasteiger partial charge in [0.1, 0.15) is 23.2 Å². The molecule has 4 N–H and O–H groups in total. The van der Waals surface area contributed by atoms with E-state index in [9.17, 15) is 10.1 Å². The Balaban J connectivity index is 2.13. The number of ether oxygens (including phenoxy) is 1. The summed E-state index contributed by atoms with van der Waals surface area (Å²) in [5.41, 5.74) is 15.1. The largest absolute Gasteiger partial charge is 0.484 e. The van der Waals surface area contributed by atoms with E-state index in [0.717, 1.165) is 28.1 Å². The second kappa shape index (κ2) is 6.42. The number of primary amides is 1. The van der Waals surface area contributed by atoms with Crippen molar-refractivity contribution in [3.05, 3.63) is 41.1 Å². The highest BCUT2D eigenvalue weighted by Crippen LogP contribution is 2.46. The Morgan fingerprint density at radius 3 is 3.04 bits per heavy atom. The zero-order valence-electron chi connectivity index (χ0n) is 13.1. The first-order valence-electron chi connectivity index (χ1n) is 7.36. The average Bonchev–Trinajstić information content (AvgIpc) is 2.92. The summed E-state index contributed by atoms with van der Waals surface area (Å²) in [7, 11) is 0. The van der Waals surface area contributed by atoms with Gasteiger partial charge in [-0.3, -0.25) is 4.79 Å². The van der Waals surface area contributed by atoms with E-state index in [0.29, 0.717) is 11.3 Å². The number of fused-ring (bicyclic) bond motifs is 1. The van der Waals surface area contributed by atoms with Gasteiger partial charge in [0.25, 0.3) is 5.91 Å². The van der Waals surface area contributed by atoms with Crippen molar-refractivity contribution >= 4 is 23.5 Å². The topological polar surface area (TPSA) is 115 Å². The van der Waals surface area contributed by atoms with Crippen LogP contribution in [0.1, 0.15) is 29.0 Å². The minimum Gasteiger partial charge on any atom is -0.484 e. The molecule has 1 aromatic heterocycles. The number of pyridine rings is 1. The van der Waals surface area contributed by atoms with Crippen molar-refractivity contribution in [1.29, 1.82) is 5.26 Å². The molecule has 1 aromatic carbocycles. The number of amides is 1. The van der Waals surface area contributed by atoms with Crippen LogP contribution in [0.4, 0.5) is 5.82 Å². The lowest BCUT2D eigenvalue weighted by Gasteiger charge is -2.14. The molecule has 0 fully saturated rings. The van der Waals surface area contributed by atoms with Gasteiger partial charge in [-0.15, -0.1) is 11.8 Å². The summed E-state index contributed by atoms with van der Waals surface area (Å²) in [5.74, 6) is 0.986. The Morgan fingerprint density at radius 1 is 1.54 bits per heavy atom. The van der Waals surface area contributed by atoms with Gasteiger partial charge in [0.15, 0.2) is 6.61 Å². The lowest BCUT2D eigenvalue weighted by atomic mass is 9.94. The summed E-state index contributed by atoms with van der Waals surface area (Å²) >= 11 is 1.76. The van der Waals surface area contributed by atoms with Crippen LogP contribution in [0.25, 0.3) is 11.1 Å². The molecule has 0 saturated heterocycles. The number of nitrogens with two attached hydrogens (primary N) is 2. The third kappa shape index (κ3) is 2.88. The minimum atomic E-state index is -0.544. The molecule has 2 heterocycles. The standard InChI is InChI=1S/C17H16N4O2S/c1-9-16-13(8-24-9)15(12(6-18)17(20)21-16)10-3-2-4-11(5-10)23-7-14(19)22/h2-5,9H,7-8H2,1H3,(H2,19,22)(H2,20,21)/t9-/m0/s1. The van der Waals surface area contributed by atoms with E-state index >= 15 is 0 Å². The molecule has 3 rings (SSSR count).